The lowest BCUT2D eigenvalue weighted by Gasteiger charge is -2.08. The van der Waals surface area contributed by atoms with Gasteiger partial charge in [-0.15, -0.1) is 0 Å². The second-order valence-electron chi connectivity index (χ2n) is 3.15. The average Bonchev–Trinajstić information content (AvgIpc) is 2.28. The Bertz CT molecular complexity index is 540. The molecule has 1 aromatic carbocycles. The van der Waals surface area contributed by atoms with E-state index in [1.165, 1.54) is 0 Å². The van der Waals surface area contributed by atoms with Crippen molar-refractivity contribution in [3.05, 3.63) is 30.5 Å². The van der Waals surface area contributed by atoms with Crippen LogP contribution in [0.5, 0.6) is 5.75 Å². The van der Waals surface area contributed by atoms with Gasteiger partial charge in [0.2, 0.25) is 0 Å². The van der Waals surface area contributed by atoms with Gasteiger partial charge in [-0.3, -0.25) is 10.3 Å². The number of nitrogens with zero attached hydrogens (tertiary/aromatic N) is 1. The number of rotatable bonds is 2. The molecule has 1 heterocycles. The van der Waals surface area contributed by atoms with Crippen LogP contribution < -0.4 is 10.1 Å². The molecule has 0 radical (unpaired) electrons. The van der Waals surface area contributed by atoms with Crippen molar-refractivity contribution in [3.8, 4) is 5.75 Å². The molecular weight excluding hydrogens is 208 g/mol. The standard InChI is InChI=1S/C11H10N2O3/c1-16-9-5-6-12-10-7(9)3-2-4-8(10)13-11(14)15/h2-6,13H,1H3,(H,14,15). The predicted molar refractivity (Wildman–Crippen MR) is 59.9 cm³/mol. The minimum atomic E-state index is -1.11. The second-order valence-corrected chi connectivity index (χ2v) is 3.15. The number of carbonyl (C=O) groups is 1. The molecule has 0 atom stereocenters. The third kappa shape index (κ3) is 1.75. The molecule has 0 aliphatic carbocycles. The first-order chi connectivity index (χ1) is 7.72. The van der Waals surface area contributed by atoms with Crippen molar-refractivity contribution >= 4 is 22.7 Å². The first-order valence-corrected chi connectivity index (χ1v) is 4.64. The summed E-state index contributed by atoms with van der Waals surface area (Å²) in [5, 5.41) is 11.8. The molecule has 0 bridgehead atoms. The van der Waals surface area contributed by atoms with Gasteiger partial charge in [-0.05, 0) is 18.2 Å². The smallest absolute Gasteiger partial charge is 0.409 e. The highest BCUT2D eigenvalue weighted by molar-refractivity contribution is 5.99. The van der Waals surface area contributed by atoms with E-state index in [1.807, 2.05) is 6.07 Å². The van der Waals surface area contributed by atoms with Crippen LogP contribution in [0, 0.1) is 0 Å². The molecule has 0 saturated carbocycles. The fraction of sp³-hybridized carbons (Fsp3) is 0.0909. The molecule has 2 rings (SSSR count). The number of aromatic nitrogens is 1. The molecule has 2 N–H and O–H groups in total. The second kappa shape index (κ2) is 4.06. The van der Waals surface area contributed by atoms with Gasteiger partial charge in [0, 0.05) is 11.6 Å². The van der Waals surface area contributed by atoms with Crippen molar-refractivity contribution in [3.63, 3.8) is 0 Å². The zero-order valence-electron chi connectivity index (χ0n) is 8.60. The Labute approximate surface area is 91.7 Å². The molecule has 0 aliphatic rings. The Kier molecular flexibility index (Phi) is 2.59. The number of benzene rings is 1. The summed E-state index contributed by atoms with van der Waals surface area (Å²) in [5.41, 5.74) is 1.02. The number of fused-ring (bicyclic) bond motifs is 1. The molecule has 5 heteroatoms. The number of methoxy groups -OCH3 is 1. The largest absolute Gasteiger partial charge is 0.496 e. The van der Waals surface area contributed by atoms with Gasteiger partial charge in [0.25, 0.3) is 0 Å². The number of nitrogens with one attached hydrogen (secondary N) is 1. The van der Waals surface area contributed by atoms with Crippen molar-refractivity contribution in [1.82, 2.24) is 4.98 Å². The van der Waals surface area contributed by atoms with Gasteiger partial charge in [0.15, 0.2) is 0 Å². The van der Waals surface area contributed by atoms with Gasteiger partial charge < -0.3 is 9.84 Å². The molecule has 0 aliphatic heterocycles. The number of anilines is 1. The Hall–Kier alpha value is -2.30. The lowest BCUT2D eigenvalue weighted by molar-refractivity contribution is 0.210. The first-order valence-electron chi connectivity index (χ1n) is 4.64. The van der Waals surface area contributed by atoms with E-state index in [-0.39, 0.29) is 0 Å². The maximum Gasteiger partial charge on any atom is 0.409 e. The molecule has 16 heavy (non-hydrogen) atoms. The number of ether oxygens (including phenoxy) is 1. The summed E-state index contributed by atoms with van der Waals surface area (Å²) in [6, 6.07) is 6.96. The van der Waals surface area contributed by atoms with E-state index in [9.17, 15) is 4.79 Å². The Morgan fingerprint density at radius 1 is 1.44 bits per heavy atom. The van der Waals surface area contributed by atoms with Crippen molar-refractivity contribution in [2.75, 3.05) is 12.4 Å². The highest BCUT2D eigenvalue weighted by Gasteiger charge is 2.07. The van der Waals surface area contributed by atoms with Crippen LogP contribution in [0.1, 0.15) is 0 Å². The molecule has 1 aromatic heterocycles. The molecule has 0 unspecified atom stereocenters. The SMILES string of the molecule is COc1ccnc2c(NC(=O)O)cccc12. The van der Waals surface area contributed by atoms with Crippen LogP contribution in [0.3, 0.4) is 0 Å². The molecule has 0 spiro atoms. The van der Waals surface area contributed by atoms with E-state index in [4.69, 9.17) is 9.84 Å². The number of hydrogen-bond donors (Lipinski definition) is 2. The summed E-state index contributed by atoms with van der Waals surface area (Å²) in [6.45, 7) is 0. The van der Waals surface area contributed by atoms with Crippen LogP contribution in [-0.4, -0.2) is 23.3 Å². The van der Waals surface area contributed by atoms with Crippen LogP contribution in [0.2, 0.25) is 0 Å². The van der Waals surface area contributed by atoms with Crippen LogP contribution in [0.15, 0.2) is 30.5 Å². The highest BCUT2D eigenvalue weighted by atomic mass is 16.5. The Morgan fingerprint density at radius 2 is 2.25 bits per heavy atom. The summed E-state index contributed by atoms with van der Waals surface area (Å²) in [5.74, 6) is 0.666. The summed E-state index contributed by atoms with van der Waals surface area (Å²) in [7, 11) is 1.56. The maximum absolute atomic E-state index is 10.6. The van der Waals surface area contributed by atoms with Crippen LogP contribution in [0.4, 0.5) is 10.5 Å². The van der Waals surface area contributed by atoms with Gasteiger partial charge in [-0.2, -0.15) is 0 Å². The summed E-state index contributed by atoms with van der Waals surface area (Å²) < 4.78 is 5.17. The number of amides is 1. The van der Waals surface area contributed by atoms with Gasteiger partial charge in [0.1, 0.15) is 5.75 Å². The van der Waals surface area contributed by atoms with Crippen LogP contribution in [-0.2, 0) is 0 Å². The van der Waals surface area contributed by atoms with Crippen LogP contribution >= 0.6 is 0 Å². The monoisotopic (exact) mass is 218 g/mol. The fourth-order valence-corrected chi connectivity index (χ4v) is 1.54. The van der Waals surface area contributed by atoms with E-state index in [0.29, 0.717) is 17.0 Å². The number of para-hydroxylation sites is 1. The van der Waals surface area contributed by atoms with Gasteiger partial charge >= 0.3 is 6.09 Å². The molecule has 0 saturated heterocycles. The highest BCUT2D eigenvalue weighted by Crippen LogP contribution is 2.28. The molecule has 0 fully saturated rings. The van der Waals surface area contributed by atoms with E-state index >= 15 is 0 Å². The summed E-state index contributed by atoms with van der Waals surface area (Å²) in [4.78, 5) is 14.7. The predicted octanol–water partition coefficient (Wildman–Crippen LogP) is 2.33. The maximum atomic E-state index is 10.6. The molecule has 5 nitrogen and oxygen atoms in total. The van der Waals surface area contributed by atoms with Crippen molar-refractivity contribution < 1.29 is 14.6 Å². The molecule has 2 aromatic rings. The van der Waals surface area contributed by atoms with Crippen molar-refractivity contribution in [2.24, 2.45) is 0 Å². The average molecular weight is 218 g/mol. The zero-order chi connectivity index (χ0) is 11.5. The number of pyridine rings is 1. The third-order valence-electron chi connectivity index (χ3n) is 2.19. The van der Waals surface area contributed by atoms with E-state index in [1.54, 1.807) is 31.5 Å². The van der Waals surface area contributed by atoms with Crippen molar-refractivity contribution in [2.45, 2.75) is 0 Å². The molecule has 1 amide bonds. The third-order valence-corrected chi connectivity index (χ3v) is 2.19. The summed E-state index contributed by atoms with van der Waals surface area (Å²) in [6.07, 6.45) is 0.464. The Balaban J connectivity index is 2.64. The van der Waals surface area contributed by atoms with E-state index in [0.717, 1.165) is 5.39 Å². The fourth-order valence-electron chi connectivity index (χ4n) is 1.54. The zero-order valence-corrected chi connectivity index (χ0v) is 8.60. The number of carboxylic acid groups (broad SMARTS) is 1. The normalized spacial score (nSPS) is 10.1. The lowest BCUT2D eigenvalue weighted by atomic mass is 10.2. The van der Waals surface area contributed by atoms with Crippen LogP contribution in [0.25, 0.3) is 10.9 Å². The topological polar surface area (TPSA) is 71.5 Å². The summed E-state index contributed by atoms with van der Waals surface area (Å²) >= 11 is 0. The van der Waals surface area contributed by atoms with Crippen molar-refractivity contribution in [1.29, 1.82) is 0 Å². The molecule has 82 valence electrons. The van der Waals surface area contributed by atoms with Gasteiger partial charge in [-0.1, -0.05) is 6.07 Å². The van der Waals surface area contributed by atoms with E-state index in [2.05, 4.69) is 10.3 Å². The minimum Gasteiger partial charge on any atom is -0.496 e. The minimum absolute atomic E-state index is 0.448. The van der Waals surface area contributed by atoms with E-state index < -0.39 is 6.09 Å². The number of hydrogen-bond acceptors (Lipinski definition) is 3. The lowest BCUT2D eigenvalue weighted by Crippen LogP contribution is -2.07. The van der Waals surface area contributed by atoms with Gasteiger partial charge in [0.05, 0.1) is 18.3 Å². The molecular formula is C11H10N2O3. The quantitative estimate of drug-likeness (QED) is 0.811. The first kappa shape index (κ1) is 10.2. The Morgan fingerprint density at radius 3 is 2.94 bits per heavy atom. The van der Waals surface area contributed by atoms with Gasteiger partial charge in [-0.25, -0.2) is 4.79 Å².